The highest BCUT2D eigenvalue weighted by Gasteiger charge is 2.31. The van der Waals surface area contributed by atoms with Crippen LogP contribution in [0, 0.1) is 5.92 Å². The van der Waals surface area contributed by atoms with E-state index in [9.17, 15) is 9.59 Å². The van der Waals surface area contributed by atoms with Crippen molar-refractivity contribution in [3.05, 3.63) is 24.0 Å². The van der Waals surface area contributed by atoms with Crippen LogP contribution in [0.15, 0.2) is 23.2 Å². The zero-order valence-corrected chi connectivity index (χ0v) is 17.6. The second-order valence-corrected chi connectivity index (χ2v) is 9.15. The predicted molar refractivity (Wildman–Crippen MR) is 105 cm³/mol. The molecular weight excluding hydrogens is 350 g/mol. The van der Waals surface area contributed by atoms with Gasteiger partial charge in [0.25, 0.3) is 0 Å². The highest BCUT2D eigenvalue weighted by Crippen LogP contribution is 2.23. The molecule has 0 fully saturated rings. The van der Waals surface area contributed by atoms with Gasteiger partial charge in [0.05, 0.1) is 12.2 Å². The molecule has 0 radical (unpaired) electrons. The van der Waals surface area contributed by atoms with Gasteiger partial charge in [-0.3, -0.25) is 9.78 Å². The second-order valence-electron chi connectivity index (χ2n) is 8.09. The standard InChI is InChI=1S/C19H31N3O3S/c1-13(2)12-26-15-9-8-10-20-14(15)11-21-16(23)19(6,7)22-17(24)25-18(3,4)5/h8-10,13H,11-12H2,1-7H3,(H,21,23)(H,22,24). The quantitative estimate of drug-likeness (QED) is 0.703. The first kappa shape index (κ1) is 22.3. The average molecular weight is 382 g/mol. The fraction of sp³-hybridized carbons (Fsp3) is 0.632. The lowest BCUT2D eigenvalue weighted by atomic mass is 10.1. The normalized spacial score (nSPS) is 12.0. The third kappa shape index (κ3) is 8.08. The van der Waals surface area contributed by atoms with Crippen molar-refractivity contribution in [1.29, 1.82) is 0 Å². The minimum absolute atomic E-state index is 0.297. The SMILES string of the molecule is CC(C)CSc1cccnc1CNC(=O)C(C)(C)NC(=O)OC(C)(C)C. The number of pyridine rings is 1. The zero-order valence-electron chi connectivity index (χ0n) is 16.8. The van der Waals surface area contributed by atoms with Crippen LogP contribution in [0.4, 0.5) is 4.79 Å². The number of ether oxygens (including phenoxy) is 1. The molecule has 1 rings (SSSR count). The molecule has 146 valence electrons. The Morgan fingerprint density at radius 2 is 1.88 bits per heavy atom. The average Bonchev–Trinajstić information content (AvgIpc) is 2.48. The Hall–Kier alpha value is -1.76. The number of aromatic nitrogens is 1. The van der Waals surface area contributed by atoms with E-state index in [1.165, 1.54) is 0 Å². The molecule has 0 atom stereocenters. The number of hydrogen-bond donors (Lipinski definition) is 2. The summed E-state index contributed by atoms with van der Waals surface area (Å²) in [5, 5.41) is 5.46. The van der Waals surface area contributed by atoms with Gasteiger partial charge in [0, 0.05) is 16.8 Å². The molecule has 0 saturated carbocycles. The number of rotatable bonds is 7. The van der Waals surface area contributed by atoms with Crippen molar-refractivity contribution in [2.24, 2.45) is 5.92 Å². The Morgan fingerprint density at radius 1 is 1.23 bits per heavy atom. The molecule has 26 heavy (non-hydrogen) atoms. The fourth-order valence-electron chi connectivity index (χ4n) is 1.94. The van der Waals surface area contributed by atoms with Crippen LogP contribution >= 0.6 is 11.8 Å². The zero-order chi connectivity index (χ0) is 20.0. The molecule has 0 aliphatic carbocycles. The van der Waals surface area contributed by atoms with E-state index in [0.717, 1.165) is 16.3 Å². The summed E-state index contributed by atoms with van der Waals surface area (Å²) in [6.45, 7) is 13.2. The van der Waals surface area contributed by atoms with Crippen molar-refractivity contribution in [3.63, 3.8) is 0 Å². The summed E-state index contributed by atoms with van der Waals surface area (Å²) in [6, 6.07) is 3.90. The van der Waals surface area contributed by atoms with Crippen LogP contribution in [0.3, 0.4) is 0 Å². The number of thioether (sulfide) groups is 1. The van der Waals surface area contributed by atoms with Gasteiger partial charge in [-0.05, 0) is 52.7 Å². The molecule has 6 nitrogen and oxygen atoms in total. The van der Waals surface area contributed by atoms with Gasteiger partial charge in [0.15, 0.2) is 0 Å². The molecule has 1 aromatic heterocycles. The van der Waals surface area contributed by atoms with E-state index in [2.05, 4.69) is 29.5 Å². The fourth-order valence-corrected chi connectivity index (χ4v) is 2.92. The van der Waals surface area contributed by atoms with Crippen LogP contribution in [-0.2, 0) is 16.1 Å². The topological polar surface area (TPSA) is 80.3 Å². The first-order valence-electron chi connectivity index (χ1n) is 8.77. The molecular formula is C19H31N3O3S. The van der Waals surface area contributed by atoms with Crippen molar-refractivity contribution in [3.8, 4) is 0 Å². The van der Waals surface area contributed by atoms with E-state index in [4.69, 9.17) is 4.74 Å². The summed E-state index contributed by atoms with van der Waals surface area (Å²) in [4.78, 5) is 29.9. The van der Waals surface area contributed by atoms with E-state index < -0.39 is 17.2 Å². The van der Waals surface area contributed by atoms with Gasteiger partial charge in [-0.1, -0.05) is 13.8 Å². The number of amides is 2. The summed E-state index contributed by atoms with van der Waals surface area (Å²) < 4.78 is 5.21. The maximum atomic E-state index is 12.5. The maximum absolute atomic E-state index is 12.5. The van der Waals surface area contributed by atoms with Crippen molar-refractivity contribution in [2.75, 3.05) is 5.75 Å². The molecule has 2 N–H and O–H groups in total. The number of carbonyl (C=O) groups excluding carboxylic acids is 2. The number of alkyl carbamates (subject to hydrolysis) is 1. The van der Waals surface area contributed by atoms with Gasteiger partial charge < -0.3 is 15.4 Å². The van der Waals surface area contributed by atoms with Crippen molar-refractivity contribution < 1.29 is 14.3 Å². The molecule has 7 heteroatoms. The van der Waals surface area contributed by atoms with Gasteiger partial charge in [0.1, 0.15) is 11.1 Å². The smallest absolute Gasteiger partial charge is 0.408 e. The Morgan fingerprint density at radius 3 is 2.46 bits per heavy atom. The van der Waals surface area contributed by atoms with Crippen LogP contribution in [0.5, 0.6) is 0 Å². The van der Waals surface area contributed by atoms with Crippen molar-refractivity contribution >= 4 is 23.8 Å². The van der Waals surface area contributed by atoms with Gasteiger partial charge in [-0.15, -0.1) is 11.8 Å². The van der Waals surface area contributed by atoms with Crippen molar-refractivity contribution in [1.82, 2.24) is 15.6 Å². The van der Waals surface area contributed by atoms with Gasteiger partial charge in [0.2, 0.25) is 5.91 Å². The van der Waals surface area contributed by atoms with Crippen LogP contribution in [0.25, 0.3) is 0 Å². The first-order chi connectivity index (χ1) is 11.9. The molecule has 1 aromatic rings. The number of carbonyl (C=O) groups is 2. The minimum Gasteiger partial charge on any atom is -0.444 e. The van der Waals surface area contributed by atoms with Crippen LogP contribution < -0.4 is 10.6 Å². The predicted octanol–water partition coefficient (Wildman–Crippen LogP) is 3.75. The Balaban J connectivity index is 2.66. The third-order valence-electron chi connectivity index (χ3n) is 3.22. The maximum Gasteiger partial charge on any atom is 0.408 e. The van der Waals surface area contributed by atoms with E-state index in [1.54, 1.807) is 52.6 Å². The van der Waals surface area contributed by atoms with E-state index in [0.29, 0.717) is 12.5 Å². The number of nitrogens with one attached hydrogen (secondary N) is 2. The molecule has 0 aromatic carbocycles. The summed E-state index contributed by atoms with van der Waals surface area (Å²) >= 11 is 1.73. The molecule has 1 heterocycles. The summed E-state index contributed by atoms with van der Waals surface area (Å²) in [5.74, 6) is 1.26. The van der Waals surface area contributed by atoms with Crippen molar-refractivity contribution in [2.45, 2.75) is 71.0 Å². The summed E-state index contributed by atoms with van der Waals surface area (Å²) in [7, 11) is 0. The summed E-state index contributed by atoms with van der Waals surface area (Å²) in [5.41, 5.74) is -0.894. The second kappa shape index (κ2) is 9.26. The van der Waals surface area contributed by atoms with Gasteiger partial charge in [-0.2, -0.15) is 0 Å². The molecule has 2 amide bonds. The molecule has 0 saturated heterocycles. The Labute approximate surface area is 160 Å². The first-order valence-corrected chi connectivity index (χ1v) is 9.75. The Bertz CT molecular complexity index is 625. The van der Waals surface area contributed by atoms with Crippen LogP contribution in [0.1, 0.15) is 54.2 Å². The van der Waals surface area contributed by atoms with Crippen LogP contribution in [0.2, 0.25) is 0 Å². The van der Waals surface area contributed by atoms with E-state index in [-0.39, 0.29) is 5.91 Å². The lowest BCUT2D eigenvalue weighted by Crippen LogP contribution is -2.55. The van der Waals surface area contributed by atoms with Gasteiger partial charge in [-0.25, -0.2) is 4.79 Å². The van der Waals surface area contributed by atoms with E-state index in [1.807, 2.05) is 12.1 Å². The third-order valence-corrected chi connectivity index (χ3v) is 4.73. The lowest BCUT2D eigenvalue weighted by Gasteiger charge is -2.27. The molecule has 0 unspecified atom stereocenters. The van der Waals surface area contributed by atoms with Gasteiger partial charge >= 0.3 is 6.09 Å². The molecule has 0 bridgehead atoms. The highest BCUT2D eigenvalue weighted by molar-refractivity contribution is 7.99. The minimum atomic E-state index is -1.09. The molecule has 0 aliphatic rings. The molecule has 0 aliphatic heterocycles. The highest BCUT2D eigenvalue weighted by atomic mass is 32.2. The lowest BCUT2D eigenvalue weighted by molar-refractivity contribution is -0.126. The number of nitrogens with zero attached hydrogens (tertiary/aromatic N) is 1. The monoisotopic (exact) mass is 381 g/mol. The van der Waals surface area contributed by atoms with Crippen LogP contribution in [-0.4, -0.2) is 33.9 Å². The van der Waals surface area contributed by atoms with E-state index >= 15 is 0 Å². The molecule has 0 spiro atoms. The Kier molecular flexibility index (Phi) is 7.93. The largest absolute Gasteiger partial charge is 0.444 e. The summed E-state index contributed by atoms with van der Waals surface area (Å²) in [6.07, 6.45) is 1.09. The number of hydrogen-bond acceptors (Lipinski definition) is 5.